The fourth-order valence-corrected chi connectivity index (χ4v) is 3.61. The third-order valence-corrected chi connectivity index (χ3v) is 5.21. The van der Waals surface area contributed by atoms with Crippen molar-refractivity contribution < 1.29 is 13.9 Å². The number of nitrogens with one attached hydrogen (secondary N) is 1. The Bertz CT molecular complexity index is 1040. The minimum Gasteiger partial charge on any atom is -0.451 e. The van der Waals surface area contributed by atoms with E-state index in [0.717, 1.165) is 16.5 Å². The number of aromatic nitrogens is 2. The van der Waals surface area contributed by atoms with Gasteiger partial charge in [-0.25, -0.2) is 14.2 Å². The number of fused-ring (bicyclic) bond motifs is 1. The molecule has 0 saturated carbocycles. The van der Waals surface area contributed by atoms with Crippen LogP contribution in [0, 0.1) is 19.7 Å². The van der Waals surface area contributed by atoms with Gasteiger partial charge in [-0.1, -0.05) is 11.6 Å². The van der Waals surface area contributed by atoms with Gasteiger partial charge in [-0.05, 0) is 44.5 Å². The number of H-pyrrole nitrogens is 1. The van der Waals surface area contributed by atoms with Crippen LogP contribution < -0.4 is 5.56 Å². The molecule has 0 unspecified atom stereocenters. The summed E-state index contributed by atoms with van der Waals surface area (Å²) in [7, 11) is 0. The highest BCUT2D eigenvalue weighted by molar-refractivity contribution is 7.18. The van der Waals surface area contributed by atoms with Crippen LogP contribution in [0.2, 0.25) is 5.02 Å². The first-order chi connectivity index (χ1) is 11.8. The molecule has 2 heterocycles. The molecule has 0 bridgehead atoms. The maximum atomic E-state index is 13.8. The first kappa shape index (κ1) is 17.6. The van der Waals surface area contributed by atoms with Gasteiger partial charge in [0.05, 0.1) is 10.9 Å². The number of ether oxygens (including phenoxy) is 1. The molecule has 0 spiro atoms. The lowest BCUT2D eigenvalue weighted by molar-refractivity contribution is 0.0315. The largest absolute Gasteiger partial charge is 0.451 e. The predicted molar refractivity (Wildman–Crippen MR) is 95.0 cm³/mol. The average Bonchev–Trinajstić information content (AvgIpc) is 2.84. The molecule has 3 aromatic rings. The fourth-order valence-electron chi connectivity index (χ4n) is 2.40. The van der Waals surface area contributed by atoms with E-state index in [4.69, 9.17) is 16.3 Å². The number of rotatable bonds is 3. The monoisotopic (exact) mass is 380 g/mol. The second-order valence-corrected chi connectivity index (χ2v) is 7.23. The second kappa shape index (κ2) is 6.57. The van der Waals surface area contributed by atoms with Crippen molar-refractivity contribution in [3.63, 3.8) is 0 Å². The summed E-state index contributed by atoms with van der Waals surface area (Å²) in [6.45, 7) is 5.32. The second-order valence-electron chi connectivity index (χ2n) is 5.59. The van der Waals surface area contributed by atoms with Crippen LogP contribution in [0.1, 0.15) is 39.7 Å². The molecule has 3 rings (SSSR count). The Labute approximate surface area is 151 Å². The highest BCUT2D eigenvalue weighted by atomic mass is 35.5. The van der Waals surface area contributed by atoms with E-state index in [1.54, 1.807) is 6.92 Å². The van der Waals surface area contributed by atoms with Crippen molar-refractivity contribution in [3.05, 3.63) is 61.2 Å². The van der Waals surface area contributed by atoms with E-state index in [1.807, 2.05) is 13.8 Å². The molecular weight excluding hydrogens is 367 g/mol. The van der Waals surface area contributed by atoms with Crippen LogP contribution in [0.5, 0.6) is 0 Å². The van der Waals surface area contributed by atoms with E-state index >= 15 is 0 Å². The van der Waals surface area contributed by atoms with Gasteiger partial charge in [0, 0.05) is 9.90 Å². The lowest BCUT2D eigenvalue weighted by Crippen LogP contribution is -2.17. The number of hydrogen-bond acceptors (Lipinski definition) is 5. The lowest BCUT2D eigenvalue weighted by Gasteiger charge is -2.13. The number of carbonyl (C=O) groups is 1. The van der Waals surface area contributed by atoms with E-state index in [2.05, 4.69) is 9.97 Å². The van der Waals surface area contributed by atoms with Gasteiger partial charge in [-0.2, -0.15) is 0 Å². The lowest BCUT2D eigenvalue weighted by atomic mass is 10.2. The molecule has 5 nitrogen and oxygen atoms in total. The molecule has 130 valence electrons. The van der Waals surface area contributed by atoms with Gasteiger partial charge in [0.15, 0.2) is 11.9 Å². The first-order valence-electron chi connectivity index (χ1n) is 7.44. The molecule has 0 aliphatic rings. The highest BCUT2D eigenvalue weighted by Crippen LogP contribution is 2.27. The number of benzene rings is 1. The van der Waals surface area contributed by atoms with Crippen LogP contribution >= 0.6 is 22.9 Å². The number of nitrogens with zero attached hydrogens (tertiary/aromatic N) is 1. The van der Waals surface area contributed by atoms with Crippen molar-refractivity contribution in [2.24, 2.45) is 0 Å². The third kappa shape index (κ3) is 3.29. The maximum Gasteiger partial charge on any atom is 0.341 e. The van der Waals surface area contributed by atoms with E-state index in [0.29, 0.717) is 10.2 Å². The summed E-state index contributed by atoms with van der Waals surface area (Å²) in [5, 5.41) is 0.754. The standard InChI is InChI=1S/C17H14ClFN2O3S/c1-7-9(3)25-16-13(7)15(22)20-14(21-16)8(2)24-17(23)11-6-10(18)4-5-12(11)19/h4-6,8H,1-3H3,(H,20,21,22)/t8-/m1/s1. The predicted octanol–water partition coefficient (Wildman–Crippen LogP) is 4.31. The van der Waals surface area contributed by atoms with Gasteiger partial charge in [-0.3, -0.25) is 4.79 Å². The van der Waals surface area contributed by atoms with E-state index in [1.165, 1.54) is 23.5 Å². The summed E-state index contributed by atoms with van der Waals surface area (Å²) in [4.78, 5) is 33.0. The van der Waals surface area contributed by atoms with E-state index < -0.39 is 17.9 Å². The number of halogens is 2. The molecule has 1 atom stereocenters. The van der Waals surface area contributed by atoms with Crippen molar-refractivity contribution in [3.8, 4) is 0 Å². The third-order valence-electron chi connectivity index (χ3n) is 3.87. The first-order valence-corrected chi connectivity index (χ1v) is 8.63. The molecule has 0 amide bonds. The van der Waals surface area contributed by atoms with Crippen LogP contribution in [0.25, 0.3) is 10.2 Å². The smallest absolute Gasteiger partial charge is 0.341 e. The Morgan fingerprint density at radius 3 is 2.84 bits per heavy atom. The summed E-state index contributed by atoms with van der Waals surface area (Å²) in [6.07, 6.45) is -0.856. The molecule has 0 aliphatic carbocycles. The van der Waals surface area contributed by atoms with Gasteiger partial charge in [0.2, 0.25) is 0 Å². The Morgan fingerprint density at radius 1 is 1.40 bits per heavy atom. The van der Waals surface area contributed by atoms with Crippen LogP contribution in [0.15, 0.2) is 23.0 Å². The zero-order chi connectivity index (χ0) is 18.3. The molecule has 1 N–H and O–H groups in total. The Balaban J connectivity index is 1.92. The molecule has 8 heteroatoms. The van der Waals surface area contributed by atoms with Gasteiger partial charge in [0.1, 0.15) is 10.6 Å². The molecular formula is C17H14ClFN2O3S. The molecule has 25 heavy (non-hydrogen) atoms. The van der Waals surface area contributed by atoms with E-state index in [9.17, 15) is 14.0 Å². The van der Waals surface area contributed by atoms with Crippen molar-refractivity contribution in [2.45, 2.75) is 26.9 Å². The SMILES string of the molecule is Cc1sc2nc([C@@H](C)OC(=O)c3cc(Cl)ccc3F)[nH]c(=O)c2c1C. The van der Waals surface area contributed by atoms with Crippen LogP contribution in [-0.2, 0) is 4.74 Å². The minimum absolute atomic E-state index is 0.203. The zero-order valence-corrected chi connectivity index (χ0v) is 15.2. The van der Waals surface area contributed by atoms with Gasteiger partial charge >= 0.3 is 5.97 Å². The Morgan fingerprint density at radius 2 is 2.12 bits per heavy atom. The molecule has 0 aliphatic heterocycles. The quantitative estimate of drug-likeness (QED) is 0.687. The summed E-state index contributed by atoms with van der Waals surface area (Å²) < 4.78 is 19.0. The molecule has 0 saturated heterocycles. The van der Waals surface area contributed by atoms with Crippen molar-refractivity contribution in [1.29, 1.82) is 0 Å². The van der Waals surface area contributed by atoms with Crippen molar-refractivity contribution >= 4 is 39.1 Å². The molecule has 2 aromatic heterocycles. The normalized spacial score (nSPS) is 12.4. The van der Waals surface area contributed by atoms with Crippen LogP contribution in [0.3, 0.4) is 0 Å². The van der Waals surface area contributed by atoms with Crippen LogP contribution in [0.4, 0.5) is 4.39 Å². The minimum atomic E-state index is -0.881. The topological polar surface area (TPSA) is 72.0 Å². The Hall–Kier alpha value is -2.25. The fraction of sp³-hybridized carbons (Fsp3) is 0.235. The van der Waals surface area contributed by atoms with E-state index in [-0.39, 0.29) is 22.0 Å². The van der Waals surface area contributed by atoms with Crippen LogP contribution in [-0.4, -0.2) is 15.9 Å². The number of esters is 1. The van der Waals surface area contributed by atoms with Gasteiger partial charge in [-0.15, -0.1) is 11.3 Å². The number of carbonyl (C=O) groups excluding carboxylic acids is 1. The summed E-state index contributed by atoms with van der Waals surface area (Å²) in [5.41, 5.74) is 0.315. The maximum absolute atomic E-state index is 13.8. The Kier molecular flexibility index (Phi) is 4.62. The summed E-state index contributed by atoms with van der Waals surface area (Å²) in [5.74, 6) is -1.41. The number of thiophene rings is 1. The number of aryl methyl sites for hydroxylation is 2. The summed E-state index contributed by atoms with van der Waals surface area (Å²) in [6, 6.07) is 3.62. The average molecular weight is 381 g/mol. The highest BCUT2D eigenvalue weighted by Gasteiger charge is 2.21. The zero-order valence-electron chi connectivity index (χ0n) is 13.6. The van der Waals surface area contributed by atoms with Gasteiger partial charge in [0.25, 0.3) is 5.56 Å². The number of hydrogen-bond donors (Lipinski definition) is 1. The van der Waals surface area contributed by atoms with Crippen molar-refractivity contribution in [2.75, 3.05) is 0 Å². The van der Waals surface area contributed by atoms with Gasteiger partial charge < -0.3 is 9.72 Å². The molecule has 0 fully saturated rings. The molecule has 0 radical (unpaired) electrons. The van der Waals surface area contributed by atoms with Crippen molar-refractivity contribution in [1.82, 2.24) is 9.97 Å². The molecule has 1 aromatic carbocycles. The summed E-state index contributed by atoms with van der Waals surface area (Å²) >= 11 is 7.18. The number of aromatic amines is 1.